The first kappa shape index (κ1) is 21.8. The standard InChI is InChI=1S/C24H23ClFNO3/c25-21-11-16(15-30-23-7-2-1-4-19(23)14-24(28)29)10-20(13-21)17-5-3-6-18(12-17)22(27)8-9-26/h1-7,10-13,22H,8-9,14-15,27H2,(H,28,29)/t22-/m1/s1. The average Bonchev–Trinajstić information content (AvgIpc) is 2.72. The molecular weight excluding hydrogens is 405 g/mol. The summed E-state index contributed by atoms with van der Waals surface area (Å²) in [6, 6.07) is 20.0. The van der Waals surface area contributed by atoms with Crippen LogP contribution in [0.5, 0.6) is 5.75 Å². The third-order valence-electron chi connectivity index (χ3n) is 4.73. The van der Waals surface area contributed by atoms with E-state index in [4.69, 9.17) is 27.2 Å². The first-order valence-electron chi connectivity index (χ1n) is 9.60. The largest absolute Gasteiger partial charge is 0.489 e. The summed E-state index contributed by atoms with van der Waals surface area (Å²) in [5.41, 5.74) is 10.2. The Kier molecular flexibility index (Phi) is 7.44. The summed E-state index contributed by atoms with van der Waals surface area (Å²) in [4.78, 5) is 11.1. The predicted molar refractivity (Wildman–Crippen MR) is 117 cm³/mol. The van der Waals surface area contributed by atoms with Gasteiger partial charge in [0.25, 0.3) is 0 Å². The molecule has 0 radical (unpaired) electrons. The van der Waals surface area contributed by atoms with Crippen LogP contribution in [0.3, 0.4) is 0 Å². The molecule has 0 spiro atoms. The molecule has 0 fully saturated rings. The Balaban J connectivity index is 1.82. The smallest absolute Gasteiger partial charge is 0.307 e. The highest BCUT2D eigenvalue weighted by atomic mass is 35.5. The average molecular weight is 428 g/mol. The molecule has 0 aliphatic heterocycles. The van der Waals surface area contributed by atoms with Crippen molar-refractivity contribution in [2.24, 2.45) is 5.73 Å². The fourth-order valence-corrected chi connectivity index (χ4v) is 3.51. The van der Waals surface area contributed by atoms with Crippen LogP contribution in [0.2, 0.25) is 5.02 Å². The molecule has 0 saturated heterocycles. The number of alkyl halides is 1. The second-order valence-corrected chi connectivity index (χ2v) is 7.46. The minimum Gasteiger partial charge on any atom is -0.489 e. The highest BCUT2D eigenvalue weighted by Crippen LogP contribution is 2.28. The number of carboxylic acid groups (broad SMARTS) is 1. The maximum atomic E-state index is 12.6. The van der Waals surface area contributed by atoms with Crippen LogP contribution in [0.15, 0.2) is 66.7 Å². The molecule has 0 aliphatic carbocycles. The molecule has 0 heterocycles. The molecule has 30 heavy (non-hydrogen) atoms. The van der Waals surface area contributed by atoms with Crippen molar-refractivity contribution in [1.29, 1.82) is 0 Å². The Labute approximate surface area is 180 Å². The monoisotopic (exact) mass is 427 g/mol. The van der Waals surface area contributed by atoms with Gasteiger partial charge < -0.3 is 15.6 Å². The number of aliphatic carboxylic acids is 1. The Morgan fingerprint density at radius 2 is 1.87 bits per heavy atom. The Hall–Kier alpha value is -2.89. The second-order valence-electron chi connectivity index (χ2n) is 7.02. The number of hydrogen-bond donors (Lipinski definition) is 2. The van der Waals surface area contributed by atoms with Gasteiger partial charge in [0, 0.05) is 16.6 Å². The van der Waals surface area contributed by atoms with Crippen LogP contribution >= 0.6 is 11.6 Å². The Morgan fingerprint density at radius 3 is 2.63 bits per heavy atom. The van der Waals surface area contributed by atoms with Crippen molar-refractivity contribution in [2.45, 2.75) is 25.5 Å². The van der Waals surface area contributed by atoms with Crippen LogP contribution in [0.4, 0.5) is 4.39 Å². The van der Waals surface area contributed by atoms with E-state index in [1.807, 2.05) is 42.5 Å². The van der Waals surface area contributed by atoms with Crippen molar-refractivity contribution in [1.82, 2.24) is 0 Å². The van der Waals surface area contributed by atoms with Gasteiger partial charge in [0.2, 0.25) is 0 Å². The minimum atomic E-state index is -0.915. The zero-order valence-electron chi connectivity index (χ0n) is 16.4. The summed E-state index contributed by atoms with van der Waals surface area (Å²) < 4.78 is 18.5. The summed E-state index contributed by atoms with van der Waals surface area (Å²) in [6.45, 7) is -0.224. The van der Waals surface area contributed by atoms with Gasteiger partial charge in [-0.25, -0.2) is 0 Å². The molecule has 0 bridgehead atoms. The molecule has 0 aliphatic rings. The van der Waals surface area contributed by atoms with Crippen LogP contribution in [-0.4, -0.2) is 17.8 Å². The summed E-state index contributed by atoms with van der Waals surface area (Å²) >= 11 is 6.33. The van der Waals surface area contributed by atoms with Crippen molar-refractivity contribution in [3.05, 3.63) is 88.4 Å². The van der Waals surface area contributed by atoms with E-state index in [2.05, 4.69) is 0 Å². The molecule has 6 heteroatoms. The van der Waals surface area contributed by atoms with E-state index < -0.39 is 12.6 Å². The molecule has 3 aromatic carbocycles. The fourth-order valence-electron chi connectivity index (χ4n) is 3.25. The van der Waals surface area contributed by atoms with Crippen LogP contribution < -0.4 is 10.5 Å². The number of hydrogen-bond acceptors (Lipinski definition) is 3. The topological polar surface area (TPSA) is 72.5 Å². The number of rotatable bonds is 9. The zero-order valence-corrected chi connectivity index (χ0v) is 17.1. The van der Waals surface area contributed by atoms with Gasteiger partial charge in [0.1, 0.15) is 12.4 Å². The van der Waals surface area contributed by atoms with Gasteiger partial charge in [-0.1, -0.05) is 48.0 Å². The molecule has 0 unspecified atom stereocenters. The van der Waals surface area contributed by atoms with Crippen LogP contribution in [0.25, 0.3) is 11.1 Å². The number of nitrogens with two attached hydrogens (primary N) is 1. The number of halogens is 2. The van der Waals surface area contributed by atoms with Gasteiger partial charge >= 0.3 is 5.97 Å². The molecule has 4 nitrogen and oxygen atoms in total. The number of carbonyl (C=O) groups is 1. The quantitative estimate of drug-likeness (QED) is 0.468. The summed E-state index contributed by atoms with van der Waals surface area (Å²) in [7, 11) is 0. The Morgan fingerprint density at radius 1 is 1.07 bits per heavy atom. The van der Waals surface area contributed by atoms with Gasteiger partial charge in [0.15, 0.2) is 0 Å². The minimum absolute atomic E-state index is 0.108. The molecule has 3 aromatic rings. The van der Waals surface area contributed by atoms with Crippen molar-refractivity contribution >= 4 is 17.6 Å². The lowest BCUT2D eigenvalue weighted by molar-refractivity contribution is -0.136. The van der Waals surface area contributed by atoms with Gasteiger partial charge in [-0.05, 0) is 59.0 Å². The van der Waals surface area contributed by atoms with Crippen LogP contribution in [-0.2, 0) is 17.8 Å². The van der Waals surface area contributed by atoms with E-state index in [1.54, 1.807) is 24.3 Å². The summed E-state index contributed by atoms with van der Waals surface area (Å²) in [5, 5.41) is 9.63. The summed E-state index contributed by atoms with van der Waals surface area (Å²) in [6.07, 6.45) is 0.163. The number of ether oxygens (including phenoxy) is 1. The van der Waals surface area contributed by atoms with E-state index >= 15 is 0 Å². The van der Waals surface area contributed by atoms with Crippen LogP contribution in [0.1, 0.15) is 29.2 Å². The molecule has 3 N–H and O–H groups in total. The van der Waals surface area contributed by atoms with E-state index in [1.165, 1.54) is 0 Å². The van der Waals surface area contributed by atoms with E-state index in [0.29, 0.717) is 16.3 Å². The van der Waals surface area contributed by atoms with Crippen molar-refractivity contribution in [3.63, 3.8) is 0 Å². The highest BCUT2D eigenvalue weighted by molar-refractivity contribution is 6.31. The summed E-state index contributed by atoms with van der Waals surface area (Å²) in [5.74, 6) is -0.387. The van der Waals surface area contributed by atoms with Crippen LogP contribution in [0, 0.1) is 0 Å². The number of para-hydroxylation sites is 1. The third kappa shape index (κ3) is 5.81. The highest BCUT2D eigenvalue weighted by Gasteiger charge is 2.10. The maximum Gasteiger partial charge on any atom is 0.307 e. The zero-order chi connectivity index (χ0) is 21.5. The second kappa shape index (κ2) is 10.2. The van der Waals surface area contributed by atoms with E-state index in [-0.39, 0.29) is 25.5 Å². The fraction of sp³-hybridized carbons (Fsp3) is 0.208. The molecule has 1 atom stereocenters. The molecule has 0 amide bonds. The predicted octanol–water partition coefficient (Wildman–Crippen LogP) is 5.57. The molecule has 0 aromatic heterocycles. The molecule has 156 valence electrons. The first-order chi connectivity index (χ1) is 14.5. The lowest BCUT2D eigenvalue weighted by Gasteiger charge is -2.14. The van der Waals surface area contributed by atoms with Gasteiger partial charge in [-0.3, -0.25) is 9.18 Å². The van der Waals surface area contributed by atoms with Crippen molar-refractivity contribution in [2.75, 3.05) is 6.67 Å². The van der Waals surface area contributed by atoms with E-state index in [0.717, 1.165) is 22.3 Å². The number of carboxylic acids is 1. The Bertz CT molecular complexity index is 1020. The molecule has 3 rings (SSSR count). The molecular formula is C24H23ClFNO3. The van der Waals surface area contributed by atoms with Gasteiger partial charge in [-0.15, -0.1) is 0 Å². The maximum absolute atomic E-state index is 12.6. The van der Waals surface area contributed by atoms with Gasteiger partial charge in [0.05, 0.1) is 13.1 Å². The lowest BCUT2D eigenvalue weighted by atomic mass is 9.97. The number of benzene rings is 3. The first-order valence-corrected chi connectivity index (χ1v) is 9.98. The lowest BCUT2D eigenvalue weighted by Crippen LogP contribution is -2.10. The third-order valence-corrected chi connectivity index (χ3v) is 4.95. The van der Waals surface area contributed by atoms with Crippen molar-refractivity contribution < 1.29 is 19.0 Å². The van der Waals surface area contributed by atoms with E-state index in [9.17, 15) is 9.18 Å². The van der Waals surface area contributed by atoms with Crippen molar-refractivity contribution in [3.8, 4) is 16.9 Å². The molecule has 0 saturated carbocycles. The normalized spacial score (nSPS) is 11.8. The SMILES string of the molecule is N[C@H](CCF)c1cccc(-c2cc(Cl)cc(COc3ccccc3CC(=O)O)c2)c1. The van der Waals surface area contributed by atoms with Gasteiger partial charge in [-0.2, -0.15) is 0 Å².